The molecule has 0 radical (unpaired) electrons. The molecule has 0 aromatic carbocycles. The van der Waals surface area contributed by atoms with Gasteiger partial charge in [-0.25, -0.2) is 9.97 Å². The Morgan fingerprint density at radius 2 is 2.11 bits per heavy atom. The predicted octanol–water partition coefficient (Wildman–Crippen LogP) is -0.809. The Hall–Kier alpha value is -2.27. The van der Waals surface area contributed by atoms with Crippen molar-refractivity contribution in [1.82, 2.24) is 20.3 Å². The Balaban J connectivity index is 1.70. The van der Waals surface area contributed by atoms with Gasteiger partial charge in [0.05, 0.1) is 17.6 Å². The van der Waals surface area contributed by atoms with Crippen molar-refractivity contribution >= 4 is 22.8 Å². The number of nitrogens with one attached hydrogen (secondary N) is 2. The van der Waals surface area contributed by atoms with Crippen molar-refractivity contribution in [2.75, 3.05) is 12.3 Å². The summed E-state index contributed by atoms with van der Waals surface area (Å²) < 4.78 is 5.25. The van der Waals surface area contributed by atoms with E-state index in [4.69, 9.17) is 16.2 Å². The number of carbonyl (C=O) groups is 1. The molecule has 27 heavy (non-hydrogen) atoms. The number of nitrogen functional groups attached to an aromatic ring is 1. The highest BCUT2D eigenvalue weighted by Crippen LogP contribution is 2.32. The number of aromatic nitrogens is 3. The summed E-state index contributed by atoms with van der Waals surface area (Å²) >= 11 is 0. The van der Waals surface area contributed by atoms with Crippen LogP contribution in [0.15, 0.2) is 12.5 Å². The maximum Gasteiger partial charge on any atom is 0.323 e. The van der Waals surface area contributed by atoms with E-state index in [2.05, 4.69) is 20.3 Å². The summed E-state index contributed by atoms with van der Waals surface area (Å²) in [6, 6.07) is -1.96. The van der Waals surface area contributed by atoms with E-state index < -0.39 is 36.3 Å². The van der Waals surface area contributed by atoms with Crippen molar-refractivity contribution in [3.05, 3.63) is 18.1 Å². The third-order valence-electron chi connectivity index (χ3n) is 5.29. The molecule has 0 bridgehead atoms. The molecule has 0 saturated carbocycles. The van der Waals surface area contributed by atoms with E-state index in [0.29, 0.717) is 22.4 Å². The number of rotatable bonds is 6. The largest absolute Gasteiger partial charge is 0.463 e. The smallest absolute Gasteiger partial charge is 0.323 e. The van der Waals surface area contributed by atoms with Gasteiger partial charge < -0.3 is 31.4 Å². The predicted molar refractivity (Wildman–Crippen MR) is 98.4 cm³/mol. The summed E-state index contributed by atoms with van der Waals surface area (Å²) in [5.74, 6) is -0.235. The Bertz CT molecular complexity index is 812. The number of aliphatic hydroxyl groups excluding tert-OH is 2. The molecule has 3 heterocycles. The molecular weight excluding hydrogens is 352 g/mol. The molecule has 8 N–H and O–H groups in total. The molecule has 3 rings (SSSR count). The number of nitrogens with zero attached hydrogens (tertiary/aromatic N) is 2. The molecule has 6 atom stereocenters. The highest BCUT2D eigenvalue weighted by molar-refractivity contribution is 5.87. The van der Waals surface area contributed by atoms with Gasteiger partial charge in [0.15, 0.2) is 5.82 Å². The second-order valence-electron chi connectivity index (χ2n) is 7.00. The SMILES string of the molecule is CCC(C)C(N)C(=O)OC[C@@H]1N[C@@H](c2c[nH]c3c(N)ncnc23)[C@H](O)[C@H]1O. The fraction of sp³-hybridized carbons (Fsp3) is 0.588. The molecule has 2 aromatic rings. The second kappa shape index (κ2) is 7.77. The van der Waals surface area contributed by atoms with Gasteiger partial charge >= 0.3 is 5.97 Å². The van der Waals surface area contributed by atoms with E-state index in [-0.39, 0.29) is 12.5 Å². The van der Waals surface area contributed by atoms with Gasteiger partial charge in [0.2, 0.25) is 0 Å². The van der Waals surface area contributed by atoms with Gasteiger partial charge in [-0.05, 0) is 5.92 Å². The molecule has 1 saturated heterocycles. The van der Waals surface area contributed by atoms with Crippen LogP contribution in [0.1, 0.15) is 31.9 Å². The zero-order chi connectivity index (χ0) is 19.7. The summed E-state index contributed by atoms with van der Waals surface area (Å²) in [7, 11) is 0. The lowest BCUT2D eigenvalue weighted by atomic mass is 10.0. The van der Waals surface area contributed by atoms with E-state index in [1.165, 1.54) is 6.33 Å². The first-order valence-corrected chi connectivity index (χ1v) is 8.97. The molecule has 10 nitrogen and oxygen atoms in total. The zero-order valence-corrected chi connectivity index (χ0v) is 15.3. The van der Waals surface area contributed by atoms with Gasteiger partial charge in [0, 0.05) is 11.8 Å². The molecule has 1 fully saturated rings. The summed E-state index contributed by atoms with van der Waals surface area (Å²) in [6.07, 6.45) is 1.53. The average Bonchev–Trinajstić information content (AvgIpc) is 3.21. The van der Waals surface area contributed by atoms with E-state index in [1.54, 1.807) is 6.20 Å². The summed E-state index contributed by atoms with van der Waals surface area (Å²) in [5, 5.41) is 23.9. The molecule has 2 aromatic heterocycles. The maximum atomic E-state index is 12.1. The molecule has 1 aliphatic rings. The monoisotopic (exact) mass is 378 g/mol. The summed E-state index contributed by atoms with van der Waals surface area (Å²) in [4.78, 5) is 23.2. The lowest BCUT2D eigenvalue weighted by molar-refractivity contribution is -0.148. The number of aliphatic hydroxyl groups is 2. The standard InChI is InChI=1S/C17H26N6O4/c1-3-7(2)10(18)17(26)27-5-9-14(24)15(25)12(23-9)8-4-20-13-11(8)21-6-22-16(13)19/h4,6-7,9-10,12,14-15,20,23-25H,3,5,18H2,1-2H3,(H2,19,21,22)/t7?,9-,10?,12-,14-,15-/m0/s1. The van der Waals surface area contributed by atoms with Crippen LogP contribution in [-0.2, 0) is 9.53 Å². The van der Waals surface area contributed by atoms with Crippen LogP contribution in [0.2, 0.25) is 0 Å². The minimum Gasteiger partial charge on any atom is -0.463 e. The van der Waals surface area contributed by atoms with E-state index >= 15 is 0 Å². The number of H-pyrrole nitrogens is 1. The van der Waals surface area contributed by atoms with Gasteiger partial charge in [0.25, 0.3) is 0 Å². The number of anilines is 1. The summed E-state index contributed by atoms with van der Waals surface area (Å²) in [5.41, 5.74) is 13.4. The van der Waals surface area contributed by atoms with Crippen LogP contribution in [0.25, 0.3) is 11.0 Å². The Morgan fingerprint density at radius 3 is 2.81 bits per heavy atom. The van der Waals surface area contributed by atoms with E-state index in [1.807, 2.05) is 13.8 Å². The molecule has 0 amide bonds. The quantitative estimate of drug-likeness (QED) is 0.351. The number of hydrogen-bond acceptors (Lipinski definition) is 9. The normalized spacial score (nSPS) is 27.6. The number of nitrogens with two attached hydrogens (primary N) is 2. The van der Waals surface area contributed by atoms with Gasteiger partial charge in [-0.3, -0.25) is 10.1 Å². The molecule has 0 spiro atoms. The molecule has 10 heteroatoms. The van der Waals surface area contributed by atoms with E-state index in [0.717, 1.165) is 6.42 Å². The first-order valence-electron chi connectivity index (χ1n) is 8.97. The van der Waals surface area contributed by atoms with Crippen LogP contribution in [-0.4, -0.2) is 62.0 Å². The van der Waals surface area contributed by atoms with Crippen LogP contribution in [0.5, 0.6) is 0 Å². The number of fused-ring (bicyclic) bond motifs is 1. The average molecular weight is 378 g/mol. The first kappa shape index (κ1) is 19.5. The molecule has 148 valence electrons. The number of ether oxygens (including phenoxy) is 1. The maximum absolute atomic E-state index is 12.1. The minimum absolute atomic E-state index is 0.00587. The van der Waals surface area contributed by atoms with Crippen molar-refractivity contribution in [1.29, 1.82) is 0 Å². The third-order valence-corrected chi connectivity index (χ3v) is 5.29. The number of hydrogen-bond donors (Lipinski definition) is 6. The number of esters is 1. The van der Waals surface area contributed by atoms with Crippen LogP contribution in [0.3, 0.4) is 0 Å². The number of aromatic amines is 1. The van der Waals surface area contributed by atoms with Gasteiger partial charge in [-0.1, -0.05) is 20.3 Å². The zero-order valence-electron chi connectivity index (χ0n) is 15.3. The Kier molecular flexibility index (Phi) is 5.61. The van der Waals surface area contributed by atoms with Crippen LogP contribution in [0, 0.1) is 5.92 Å². The van der Waals surface area contributed by atoms with Crippen LogP contribution < -0.4 is 16.8 Å². The molecule has 2 unspecified atom stereocenters. The fourth-order valence-corrected chi connectivity index (χ4v) is 3.25. The lowest BCUT2D eigenvalue weighted by Crippen LogP contribution is -2.42. The van der Waals surface area contributed by atoms with Gasteiger partial charge in [-0.15, -0.1) is 0 Å². The highest BCUT2D eigenvalue weighted by Gasteiger charge is 2.43. The van der Waals surface area contributed by atoms with Crippen molar-refractivity contribution in [3.8, 4) is 0 Å². The minimum atomic E-state index is -1.12. The Labute approximate surface area is 156 Å². The molecular formula is C17H26N6O4. The number of carbonyl (C=O) groups excluding carboxylic acids is 1. The van der Waals surface area contributed by atoms with Crippen molar-refractivity contribution in [3.63, 3.8) is 0 Å². The van der Waals surface area contributed by atoms with Crippen LogP contribution >= 0.6 is 0 Å². The fourth-order valence-electron chi connectivity index (χ4n) is 3.25. The van der Waals surface area contributed by atoms with Gasteiger partial charge in [-0.2, -0.15) is 0 Å². The summed E-state index contributed by atoms with van der Waals surface area (Å²) in [6.45, 7) is 3.72. The van der Waals surface area contributed by atoms with Crippen molar-refractivity contribution in [2.45, 2.75) is 50.6 Å². The molecule has 1 aliphatic heterocycles. The van der Waals surface area contributed by atoms with Crippen LogP contribution in [0.4, 0.5) is 5.82 Å². The van der Waals surface area contributed by atoms with Gasteiger partial charge in [0.1, 0.15) is 36.7 Å². The van der Waals surface area contributed by atoms with Crippen molar-refractivity contribution < 1.29 is 19.7 Å². The Morgan fingerprint density at radius 1 is 1.37 bits per heavy atom. The first-order chi connectivity index (χ1) is 12.8. The molecule has 0 aliphatic carbocycles. The second-order valence-corrected chi connectivity index (χ2v) is 7.00. The third kappa shape index (κ3) is 3.61. The highest BCUT2D eigenvalue weighted by atomic mass is 16.5. The topological polar surface area (TPSA) is 172 Å². The lowest BCUT2D eigenvalue weighted by Gasteiger charge is -2.20. The van der Waals surface area contributed by atoms with Crippen molar-refractivity contribution in [2.24, 2.45) is 11.7 Å². The van der Waals surface area contributed by atoms with E-state index in [9.17, 15) is 15.0 Å².